The molecule has 0 aromatic rings. The first kappa shape index (κ1) is 12.6. The standard InChI is InChI=1S/C17H30N2/c1-13-10-17(5-6-17)12-15(19-13)9-14-11-16(3-2-4-16)7-8-18-14/h13-15,18-19H,2-12H2,1H3. The molecule has 2 N–H and O–H groups in total. The van der Waals surface area contributed by atoms with Gasteiger partial charge in [0.15, 0.2) is 0 Å². The van der Waals surface area contributed by atoms with Gasteiger partial charge in [-0.25, -0.2) is 0 Å². The second-order valence-electron chi connectivity index (χ2n) is 8.37. The van der Waals surface area contributed by atoms with E-state index in [1.54, 1.807) is 0 Å². The van der Waals surface area contributed by atoms with E-state index in [-0.39, 0.29) is 0 Å². The minimum absolute atomic E-state index is 0.752. The Balaban J connectivity index is 1.35. The average Bonchev–Trinajstić information content (AvgIpc) is 3.05. The summed E-state index contributed by atoms with van der Waals surface area (Å²) in [5, 5.41) is 7.69. The number of piperidine rings is 2. The van der Waals surface area contributed by atoms with Gasteiger partial charge in [0, 0.05) is 18.1 Å². The van der Waals surface area contributed by atoms with Gasteiger partial charge < -0.3 is 10.6 Å². The predicted molar refractivity (Wildman–Crippen MR) is 79.2 cm³/mol. The van der Waals surface area contributed by atoms with Gasteiger partial charge in [0.1, 0.15) is 0 Å². The molecule has 2 saturated heterocycles. The zero-order chi connectivity index (χ0) is 12.9. The molecule has 0 aromatic heterocycles. The molecular weight excluding hydrogens is 232 g/mol. The Morgan fingerprint density at radius 2 is 1.68 bits per heavy atom. The molecule has 2 spiro atoms. The molecule has 0 radical (unpaired) electrons. The van der Waals surface area contributed by atoms with Crippen LogP contribution < -0.4 is 10.6 Å². The van der Waals surface area contributed by atoms with Crippen molar-refractivity contribution in [2.75, 3.05) is 6.54 Å². The minimum Gasteiger partial charge on any atom is -0.314 e. The molecule has 4 rings (SSSR count). The number of nitrogens with one attached hydrogen (secondary N) is 2. The fourth-order valence-electron chi connectivity index (χ4n) is 5.39. The van der Waals surface area contributed by atoms with Gasteiger partial charge in [-0.3, -0.25) is 0 Å². The van der Waals surface area contributed by atoms with E-state index in [0.29, 0.717) is 0 Å². The largest absolute Gasteiger partial charge is 0.314 e. The molecule has 4 fully saturated rings. The molecule has 2 nitrogen and oxygen atoms in total. The predicted octanol–water partition coefficient (Wildman–Crippen LogP) is 3.22. The van der Waals surface area contributed by atoms with Gasteiger partial charge in [-0.1, -0.05) is 6.42 Å². The summed E-state index contributed by atoms with van der Waals surface area (Å²) in [4.78, 5) is 0. The lowest BCUT2D eigenvalue weighted by atomic mass is 9.61. The van der Waals surface area contributed by atoms with Crippen LogP contribution in [0, 0.1) is 10.8 Å². The van der Waals surface area contributed by atoms with Gasteiger partial charge in [-0.15, -0.1) is 0 Å². The highest BCUT2D eigenvalue weighted by molar-refractivity contribution is 5.03. The van der Waals surface area contributed by atoms with Crippen molar-refractivity contribution in [3.63, 3.8) is 0 Å². The molecule has 0 bridgehead atoms. The lowest BCUT2D eigenvalue weighted by Gasteiger charge is -2.49. The smallest absolute Gasteiger partial charge is 0.00896 e. The Bertz CT molecular complexity index is 343. The zero-order valence-electron chi connectivity index (χ0n) is 12.5. The van der Waals surface area contributed by atoms with Crippen molar-refractivity contribution in [1.82, 2.24) is 10.6 Å². The molecule has 2 saturated carbocycles. The van der Waals surface area contributed by atoms with E-state index in [9.17, 15) is 0 Å². The van der Waals surface area contributed by atoms with Crippen LogP contribution in [0.1, 0.15) is 71.1 Å². The van der Waals surface area contributed by atoms with Gasteiger partial charge >= 0.3 is 0 Å². The van der Waals surface area contributed by atoms with E-state index in [4.69, 9.17) is 0 Å². The highest BCUT2D eigenvalue weighted by Gasteiger charge is 2.48. The van der Waals surface area contributed by atoms with Crippen LogP contribution in [0.3, 0.4) is 0 Å². The first-order valence-corrected chi connectivity index (χ1v) is 8.67. The topological polar surface area (TPSA) is 24.1 Å². The van der Waals surface area contributed by atoms with Crippen LogP contribution in [0.2, 0.25) is 0 Å². The molecule has 0 aromatic carbocycles. The summed E-state index contributed by atoms with van der Waals surface area (Å²) in [5.74, 6) is 0. The van der Waals surface area contributed by atoms with Crippen molar-refractivity contribution in [2.24, 2.45) is 10.8 Å². The second kappa shape index (κ2) is 4.46. The second-order valence-corrected chi connectivity index (χ2v) is 8.37. The Labute approximate surface area is 118 Å². The van der Waals surface area contributed by atoms with Gasteiger partial charge in [0.25, 0.3) is 0 Å². The fourth-order valence-corrected chi connectivity index (χ4v) is 5.39. The summed E-state index contributed by atoms with van der Waals surface area (Å²) in [6.07, 6.45) is 14.7. The quantitative estimate of drug-likeness (QED) is 0.798. The molecule has 2 aliphatic carbocycles. The van der Waals surface area contributed by atoms with Crippen LogP contribution in [-0.2, 0) is 0 Å². The van der Waals surface area contributed by atoms with E-state index >= 15 is 0 Å². The highest BCUT2D eigenvalue weighted by atomic mass is 15.0. The van der Waals surface area contributed by atoms with Crippen LogP contribution >= 0.6 is 0 Å². The third-order valence-electron chi connectivity index (χ3n) is 6.65. The van der Waals surface area contributed by atoms with Crippen LogP contribution in [0.25, 0.3) is 0 Å². The molecule has 0 amide bonds. The van der Waals surface area contributed by atoms with E-state index < -0.39 is 0 Å². The van der Waals surface area contributed by atoms with Gasteiger partial charge in [0.2, 0.25) is 0 Å². The average molecular weight is 262 g/mol. The molecule has 108 valence electrons. The van der Waals surface area contributed by atoms with E-state index in [1.165, 1.54) is 70.8 Å². The van der Waals surface area contributed by atoms with E-state index in [1.807, 2.05) is 0 Å². The molecule has 2 aliphatic heterocycles. The summed E-state index contributed by atoms with van der Waals surface area (Å²) in [7, 11) is 0. The first-order valence-electron chi connectivity index (χ1n) is 8.67. The Hall–Kier alpha value is -0.0800. The summed E-state index contributed by atoms with van der Waals surface area (Å²) in [6.45, 7) is 3.67. The first-order chi connectivity index (χ1) is 9.17. The molecule has 3 atom stereocenters. The molecule has 3 unspecified atom stereocenters. The van der Waals surface area contributed by atoms with Crippen LogP contribution in [-0.4, -0.2) is 24.7 Å². The van der Waals surface area contributed by atoms with Gasteiger partial charge in [-0.05, 0) is 82.1 Å². The highest BCUT2D eigenvalue weighted by Crippen LogP contribution is 2.56. The number of hydrogen-bond donors (Lipinski definition) is 2. The molecular formula is C17H30N2. The monoisotopic (exact) mass is 262 g/mol. The lowest BCUT2D eigenvalue weighted by Crippen LogP contribution is -2.52. The normalized spacial score (nSPS) is 43.1. The maximum atomic E-state index is 3.88. The lowest BCUT2D eigenvalue weighted by molar-refractivity contribution is 0.0556. The van der Waals surface area contributed by atoms with E-state index in [2.05, 4.69) is 17.6 Å². The van der Waals surface area contributed by atoms with Crippen LogP contribution in [0.4, 0.5) is 0 Å². The SMILES string of the molecule is CC1CC2(CC2)CC(CC2CC3(CCC3)CCN2)N1. The van der Waals surface area contributed by atoms with Crippen molar-refractivity contribution in [3.8, 4) is 0 Å². The molecule has 19 heavy (non-hydrogen) atoms. The molecule has 2 heterocycles. The van der Waals surface area contributed by atoms with Crippen LogP contribution in [0.15, 0.2) is 0 Å². The van der Waals surface area contributed by atoms with E-state index in [0.717, 1.165) is 29.0 Å². The Morgan fingerprint density at radius 1 is 0.895 bits per heavy atom. The maximum Gasteiger partial charge on any atom is 0.00896 e. The Kier molecular flexibility index (Phi) is 2.97. The summed E-state index contributed by atoms with van der Waals surface area (Å²) >= 11 is 0. The van der Waals surface area contributed by atoms with Crippen molar-refractivity contribution in [2.45, 2.75) is 89.3 Å². The fraction of sp³-hybridized carbons (Fsp3) is 1.00. The van der Waals surface area contributed by atoms with Crippen molar-refractivity contribution in [3.05, 3.63) is 0 Å². The van der Waals surface area contributed by atoms with Gasteiger partial charge in [0.05, 0.1) is 0 Å². The summed E-state index contributed by atoms with van der Waals surface area (Å²) in [5.41, 5.74) is 1.55. The third kappa shape index (κ3) is 2.47. The zero-order valence-corrected chi connectivity index (χ0v) is 12.5. The minimum atomic E-state index is 0.752. The van der Waals surface area contributed by atoms with Crippen LogP contribution in [0.5, 0.6) is 0 Å². The molecule has 4 aliphatic rings. The van der Waals surface area contributed by atoms with Crippen molar-refractivity contribution < 1.29 is 0 Å². The number of rotatable bonds is 2. The summed E-state index contributed by atoms with van der Waals surface area (Å²) in [6, 6.07) is 2.34. The molecule has 2 heteroatoms. The van der Waals surface area contributed by atoms with Gasteiger partial charge in [-0.2, -0.15) is 0 Å². The summed E-state index contributed by atoms with van der Waals surface area (Å²) < 4.78 is 0. The maximum absolute atomic E-state index is 3.88. The Morgan fingerprint density at radius 3 is 2.37 bits per heavy atom. The number of hydrogen-bond acceptors (Lipinski definition) is 2. The van der Waals surface area contributed by atoms with Crippen molar-refractivity contribution in [1.29, 1.82) is 0 Å². The third-order valence-corrected chi connectivity index (χ3v) is 6.65. The van der Waals surface area contributed by atoms with Crippen molar-refractivity contribution >= 4 is 0 Å².